The van der Waals surface area contributed by atoms with Gasteiger partial charge in [0.25, 0.3) is 0 Å². The number of hydrogen-bond donors (Lipinski definition) is 1. The fraction of sp³-hybridized carbons (Fsp3) is 0.438. The van der Waals surface area contributed by atoms with Gasteiger partial charge < -0.3 is 14.3 Å². The van der Waals surface area contributed by atoms with Crippen molar-refractivity contribution in [3.8, 4) is 11.4 Å². The van der Waals surface area contributed by atoms with E-state index >= 15 is 0 Å². The van der Waals surface area contributed by atoms with Gasteiger partial charge in [-0.05, 0) is 24.3 Å². The fourth-order valence-corrected chi connectivity index (χ4v) is 2.71. The van der Waals surface area contributed by atoms with Crippen molar-refractivity contribution >= 4 is 17.5 Å². The molecule has 1 aromatic heterocycles. The number of carbonyl (C=O) groups excluding carboxylic acids is 1. The molecule has 0 spiro atoms. The number of hydrogen-bond acceptors (Lipinski definition) is 4. The van der Waals surface area contributed by atoms with Crippen LogP contribution in [-0.4, -0.2) is 54.2 Å². The maximum Gasteiger partial charge on any atom is 0.227 e. The smallest absolute Gasteiger partial charge is 0.227 e. The fourth-order valence-electron chi connectivity index (χ4n) is 2.58. The van der Waals surface area contributed by atoms with E-state index in [1.807, 2.05) is 17.0 Å². The molecule has 7 heteroatoms. The molecule has 0 saturated carbocycles. The lowest BCUT2D eigenvalue weighted by Gasteiger charge is -2.30. The molecule has 1 aliphatic rings. The first-order valence-electron chi connectivity index (χ1n) is 7.79. The molecule has 0 bridgehead atoms. The number of aryl methyl sites for hydroxylation is 1. The Morgan fingerprint density at radius 1 is 1.30 bits per heavy atom. The van der Waals surface area contributed by atoms with Gasteiger partial charge in [-0.2, -0.15) is 4.98 Å². The monoisotopic (exact) mass is 335 g/mol. The number of quaternary nitrogens is 1. The highest BCUT2D eigenvalue weighted by Gasteiger charge is 2.21. The van der Waals surface area contributed by atoms with E-state index in [9.17, 15) is 4.79 Å². The van der Waals surface area contributed by atoms with Crippen molar-refractivity contribution in [1.82, 2.24) is 15.0 Å². The van der Waals surface area contributed by atoms with Gasteiger partial charge in [-0.15, -0.1) is 0 Å². The lowest BCUT2D eigenvalue weighted by molar-refractivity contribution is -0.883. The van der Waals surface area contributed by atoms with Crippen LogP contribution in [0.1, 0.15) is 12.3 Å². The molecular weight excluding hydrogens is 316 g/mol. The molecule has 3 rings (SSSR count). The molecule has 0 aliphatic carbocycles. The zero-order chi connectivity index (χ0) is 16.2. The molecule has 1 saturated heterocycles. The van der Waals surface area contributed by atoms with Crippen LogP contribution in [0.25, 0.3) is 11.4 Å². The topological polar surface area (TPSA) is 63.7 Å². The van der Waals surface area contributed by atoms with Crippen LogP contribution >= 0.6 is 11.6 Å². The van der Waals surface area contributed by atoms with Crippen LogP contribution in [0.3, 0.4) is 0 Å². The summed E-state index contributed by atoms with van der Waals surface area (Å²) in [6, 6.07) is 7.25. The first-order valence-corrected chi connectivity index (χ1v) is 8.17. The number of nitrogens with one attached hydrogen (secondary N) is 1. The Labute approximate surface area is 140 Å². The lowest BCUT2D eigenvalue weighted by atomic mass is 10.2. The molecule has 1 aliphatic heterocycles. The molecule has 1 amide bonds. The Bertz CT molecular complexity index is 663. The van der Waals surface area contributed by atoms with E-state index in [0.29, 0.717) is 29.6 Å². The maximum absolute atomic E-state index is 12.2. The zero-order valence-electron chi connectivity index (χ0n) is 13.1. The highest BCUT2D eigenvalue weighted by molar-refractivity contribution is 6.30. The van der Waals surface area contributed by atoms with Crippen LogP contribution in [0.5, 0.6) is 0 Å². The van der Waals surface area contributed by atoms with Crippen LogP contribution < -0.4 is 4.90 Å². The second kappa shape index (κ2) is 7.10. The molecule has 1 aromatic carbocycles. The van der Waals surface area contributed by atoms with Crippen LogP contribution in [0.2, 0.25) is 5.02 Å². The quantitative estimate of drug-likeness (QED) is 0.892. The average molecular weight is 336 g/mol. The summed E-state index contributed by atoms with van der Waals surface area (Å²) in [4.78, 5) is 19.9. The van der Waals surface area contributed by atoms with E-state index < -0.39 is 0 Å². The summed E-state index contributed by atoms with van der Waals surface area (Å²) < 4.78 is 5.24. The Hall–Kier alpha value is -1.92. The Balaban J connectivity index is 1.55. The zero-order valence-corrected chi connectivity index (χ0v) is 13.8. The number of amides is 1. The molecule has 1 fully saturated rings. The molecule has 2 aromatic rings. The van der Waals surface area contributed by atoms with Gasteiger partial charge in [-0.1, -0.05) is 16.8 Å². The second-order valence-corrected chi connectivity index (χ2v) is 6.29. The van der Waals surface area contributed by atoms with E-state index in [0.717, 1.165) is 31.7 Å². The number of halogens is 1. The maximum atomic E-state index is 12.2. The number of aromatic nitrogens is 2. The van der Waals surface area contributed by atoms with Crippen LogP contribution in [0.15, 0.2) is 28.8 Å². The van der Waals surface area contributed by atoms with E-state index in [4.69, 9.17) is 16.1 Å². The van der Waals surface area contributed by atoms with E-state index in [1.54, 1.807) is 12.1 Å². The molecule has 0 radical (unpaired) electrons. The van der Waals surface area contributed by atoms with Gasteiger partial charge in [-0.25, -0.2) is 0 Å². The van der Waals surface area contributed by atoms with E-state index in [-0.39, 0.29) is 5.91 Å². The van der Waals surface area contributed by atoms with Gasteiger partial charge in [-0.3, -0.25) is 4.79 Å². The van der Waals surface area contributed by atoms with Crippen molar-refractivity contribution in [2.45, 2.75) is 12.8 Å². The minimum Gasteiger partial charge on any atom is -0.339 e. The molecule has 0 atom stereocenters. The van der Waals surface area contributed by atoms with E-state index in [2.05, 4.69) is 17.2 Å². The summed E-state index contributed by atoms with van der Waals surface area (Å²) in [5.41, 5.74) is 0.845. The number of rotatable bonds is 4. The van der Waals surface area contributed by atoms with Crippen molar-refractivity contribution in [3.05, 3.63) is 35.2 Å². The van der Waals surface area contributed by atoms with E-state index in [1.165, 1.54) is 4.90 Å². The molecular formula is C16H20ClN4O2+. The Morgan fingerprint density at radius 2 is 2.00 bits per heavy atom. The summed E-state index contributed by atoms with van der Waals surface area (Å²) in [6.45, 7) is 3.66. The minimum absolute atomic E-state index is 0.156. The Kier molecular flexibility index (Phi) is 4.93. The summed E-state index contributed by atoms with van der Waals surface area (Å²) in [7, 11) is 2.15. The second-order valence-electron chi connectivity index (χ2n) is 5.86. The van der Waals surface area contributed by atoms with Gasteiger partial charge in [0.1, 0.15) is 0 Å². The minimum atomic E-state index is 0.156. The van der Waals surface area contributed by atoms with Crippen molar-refractivity contribution in [2.24, 2.45) is 0 Å². The highest BCUT2D eigenvalue weighted by atomic mass is 35.5. The van der Waals surface area contributed by atoms with Gasteiger partial charge >= 0.3 is 0 Å². The lowest BCUT2D eigenvalue weighted by Crippen LogP contribution is -3.12. The first kappa shape index (κ1) is 16.0. The largest absolute Gasteiger partial charge is 0.339 e. The van der Waals surface area contributed by atoms with Crippen LogP contribution in [0, 0.1) is 0 Å². The third-order valence-corrected chi connectivity index (χ3v) is 4.34. The number of carbonyl (C=O) groups is 1. The van der Waals surface area contributed by atoms with Crippen molar-refractivity contribution in [2.75, 3.05) is 33.2 Å². The number of nitrogens with zero attached hydrogens (tertiary/aromatic N) is 3. The third kappa shape index (κ3) is 4.09. The highest BCUT2D eigenvalue weighted by Crippen LogP contribution is 2.19. The first-order chi connectivity index (χ1) is 11.1. The standard InChI is InChI=1S/C16H19ClN4O2/c1-20-8-10-21(11-9-20)15(22)7-6-14-18-16(19-23-14)12-2-4-13(17)5-3-12/h2-5H,6-11H2,1H3/p+1. The van der Waals surface area contributed by atoms with Crippen molar-refractivity contribution < 1.29 is 14.2 Å². The van der Waals surface area contributed by atoms with Crippen molar-refractivity contribution in [1.29, 1.82) is 0 Å². The Morgan fingerprint density at radius 3 is 2.70 bits per heavy atom. The normalized spacial score (nSPS) is 15.8. The SMILES string of the molecule is C[NH+]1CCN(C(=O)CCc2nc(-c3ccc(Cl)cc3)no2)CC1. The molecule has 122 valence electrons. The van der Waals surface area contributed by atoms with Gasteiger partial charge in [0.05, 0.1) is 33.2 Å². The molecule has 1 N–H and O–H groups in total. The number of piperazine rings is 1. The number of likely N-dealkylation sites (N-methyl/N-ethyl adjacent to an activating group) is 1. The molecule has 6 nitrogen and oxygen atoms in total. The molecule has 23 heavy (non-hydrogen) atoms. The third-order valence-electron chi connectivity index (χ3n) is 4.09. The predicted molar refractivity (Wildman–Crippen MR) is 86.3 cm³/mol. The molecule has 2 heterocycles. The van der Waals surface area contributed by atoms with Crippen molar-refractivity contribution in [3.63, 3.8) is 0 Å². The van der Waals surface area contributed by atoms with Gasteiger partial charge in [0.15, 0.2) is 0 Å². The summed E-state index contributed by atoms with van der Waals surface area (Å²) >= 11 is 5.86. The van der Waals surface area contributed by atoms with Crippen LogP contribution in [-0.2, 0) is 11.2 Å². The molecule has 0 unspecified atom stereocenters. The predicted octanol–water partition coefficient (Wildman–Crippen LogP) is 0.680. The van der Waals surface area contributed by atoms with Gasteiger partial charge in [0.2, 0.25) is 17.6 Å². The average Bonchev–Trinajstić information content (AvgIpc) is 3.03. The summed E-state index contributed by atoms with van der Waals surface area (Å²) in [6.07, 6.45) is 0.875. The summed E-state index contributed by atoms with van der Waals surface area (Å²) in [5.74, 6) is 1.17. The van der Waals surface area contributed by atoms with Gasteiger partial charge in [0, 0.05) is 23.4 Å². The number of benzene rings is 1. The summed E-state index contributed by atoms with van der Waals surface area (Å²) in [5, 5.41) is 4.62. The van der Waals surface area contributed by atoms with Crippen LogP contribution in [0.4, 0.5) is 0 Å².